The van der Waals surface area contributed by atoms with Crippen LogP contribution in [0.25, 0.3) is 0 Å². The molecule has 5 heteroatoms. The van der Waals surface area contributed by atoms with Crippen molar-refractivity contribution in [3.8, 4) is 0 Å². The highest BCUT2D eigenvalue weighted by Crippen LogP contribution is 2.25. The summed E-state index contributed by atoms with van der Waals surface area (Å²) in [5.41, 5.74) is 0.851. The van der Waals surface area contributed by atoms with Crippen LogP contribution >= 0.6 is 0 Å². The Labute approximate surface area is 118 Å². The van der Waals surface area contributed by atoms with Crippen molar-refractivity contribution in [2.75, 3.05) is 6.54 Å². The zero-order chi connectivity index (χ0) is 14.8. The van der Waals surface area contributed by atoms with Gasteiger partial charge in [0.2, 0.25) is 5.91 Å². The Balaban J connectivity index is 2.21. The molecule has 2 unspecified atom stereocenters. The summed E-state index contributed by atoms with van der Waals surface area (Å²) >= 11 is 0. The Bertz CT molecular complexity index is 530. The summed E-state index contributed by atoms with van der Waals surface area (Å²) in [7, 11) is 0. The van der Waals surface area contributed by atoms with Crippen LogP contribution in [0, 0.1) is 0 Å². The van der Waals surface area contributed by atoms with Crippen LogP contribution in [0.3, 0.4) is 0 Å². The number of hydrogen-bond donors (Lipinski definition) is 3. The second-order valence-corrected chi connectivity index (χ2v) is 5.36. The Hall–Kier alpha value is -1.88. The van der Waals surface area contributed by atoms with Gasteiger partial charge in [-0.3, -0.25) is 4.79 Å². The molecule has 0 saturated carbocycles. The summed E-state index contributed by atoms with van der Waals surface area (Å²) < 4.78 is 0. The Morgan fingerprint density at radius 1 is 1.45 bits per heavy atom. The molecule has 5 nitrogen and oxygen atoms in total. The van der Waals surface area contributed by atoms with Gasteiger partial charge < -0.3 is 15.7 Å². The summed E-state index contributed by atoms with van der Waals surface area (Å²) in [4.78, 5) is 23.7. The fraction of sp³-hybridized carbons (Fsp3) is 0.467. The average molecular weight is 276 g/mol. The average Bonchev–Trinajstić information content (AvgIpc) is 2.46. The van der Waals surface area contributed by atoms with Crippen molar-refractivity contribution in [1.82, 2.24) is 10.6 Å². The number of benzene rings is 1. The molecule has 2 rings (SSSR count). The maximum atomic E-state index is 12.4. The van der Waals surface area contributed by atoms with E-state index in [-0.39, 0.29) is 11.8 Å². The van der Waals surface area contributed by atoms with Crippen LogP contribution in [-0.2, 0) is 16.1 Å². The first-order chi connectivity index (χ1) is 9.48. The van der Waals surface area contributed by atoms with E-state index in [1.54, 1.807) is 6.92 Å². The van der Waals surface area contributed by atoms with E-state index in [0.29, 0.717) is 13.0 Å². The summed E-state index contributed by atoms with van der Waals surface area (Å²) in [6.07, 6.45) is 0.343. The molecule has 1 aromatic rings. The molecule has 3 N–H and O–H groups in total. The quantitative estimate of drug-likeness (QED) is 0.773. The maximum Gasteiger partial charge on any atom is 0.329 e. The molecule has 0 fully saturated rings. The molecule has 108 valence electrons. The Morgan fingerprint density at radius 2 is 2.15 bits per heavy atom. The van der Waals surface area contributed by atoms with Crippen molar-refractivity contribution < 1.29 is 14.7 Å². The molecule has 20 heavy (non-hydrogen) atoms. The number of amides is 1. The van der Waals surface area contributed by atoms with E-state index >= 15 is 0 Å². The van der Waals surface area contributed by atoms with Gasteiger partial charge in [-0.05, 0) is 24.5 Å². The smallest absolute Gasteiger partial charge is 0.329 e. The number of carbonyl (C=O) groups is 2. The van der Waals surface area contributed by atoms with Crippen LogP contribution in [0.15, 0.2) is 24.3 Å². The number of nitrogens with one attached hydrogen (secondary N) is 2. The van der Waals surface area contributed by atoms with Crippen molar-refractivity contribution in [2.24, 2.45) is 0 Å². The highest BCUT2D eigenvalue weighted by atomic mass is 16.4. The zero-order valence-corrected chi connectivity index (χ0v) is 11.8. The molecule has 0 aliphatic carbocycles. The highest BCUT2D eigenvalue weighted by Gasteiger charge is 2.36. The molecule has 1 heterocycles. The number of fused-ring (bicyclic) bond motifs is 1. The van der Waals surface area contributed by atoms with Crippen LogP contribution in [0.5, 0.6) is 0 Å². The first-order valence-electron chi connectivity index (χ1n) is 6.82. The highest BCUT2D eigenvalue weighted by molar-refractivity contribution is 5.90. The number of aliphatic carboxylic acids is 1. The standard InChI is InChI=1S/C15H20N2O3/c1-3-15(2,14(19)20)17-13(18)12-9-16-8-10-6-4-5-7-11(10)12/h4-7,12,16H,3,8-9H2,1-2H3,(H,17,18)(H,19,20). The minimum Gasteiger partial charge on any atom is -0.480 e. The van der Waals surface area contributed by atoms with Gasteiger partial charge in [-0.15, -0.1) is 0 Å². The predicted molar refractivity (Wildman–Crippen MR) is 75.4 cm³/mol. The third-order valence-electron chi connectivity index (χ3n) is 3.99. The van der Waals surface area contributed by atoms with Gasteiger partial charge in [0.25, 0.3) is 0 Å². The second kappa shape index (κ2) is 5.63. The number of carbonyl (C=O) groups excluding carboxylic acids is 1. The van der Waals surface area contributed by atoms with Crippen LogP contribution in [0.1, 0.15) is 37.3 Å². The van der Waals surface area contributed by atoms with Gasteiger partial charge in [0, 0.05) is 13.1 Å². The van der Waals surface area contributed by atoms with Crippen LogP contribution in [0.2, 0.25) is 0 Å². The van der Waals surface area contributed by atoms with Crippen molar-refractivity contribution in [3.63, 3.8) is 0 Å². The lowest BCUT2D eigenvalue weighted by molar-refractivity contribution is -0.147. The van der Waals surface area contributed by atoms with Crippen molar-refractivity contribution in [1.29, 1.82) is 0 Å². The van der Waals surface area contributed by atoms with Gasteiger partial charge >= 0.3 is 5.97 Å². The molecular weight excluding hydrogens is 256 g/mol. The zero-order valence-electron chi connectivity index (χ0n) is 11.8. The molecule has 2 atom stereocenters. The fourth-order valence-electron chi connectivity index (χ4n) is 2.38. The van der Waals surface area contributed by atoms with E-state index in [0.717, 1.165) is 17.7 Å². The van der Waals surface area contributed by atoms with Gasteiger partial charge in [0.05, 0.1) is 5.92 Å². The topological polar surface area (TPSA) is 78.4 Å². The van der Waals surface area contributed by atoms with Gasteiger partial charge in [-0.2, -0.15) is 0 Å². The lowest BCUT2D eigenvalue weighted by Crippen LogP contribution is -2.54. The Morgan fingerprint density at radius 3 is 2.80 bits per heavy atom. The molecule has 0 aromatic heterocycles. The van der Waals surface area contributed by atoms with E-state index < -0.39 is 11.5 Å². The molecule has 0 bridgehead atoms. The van der Waals surface area contributed by atoms with Gasteiger partial charge in [0.15, 0.2) is 0 Å². The summed E-state index contributed by atoms with van der Waals surface area (Å²) in [6.45, 7) is 4.56. The normalized spacial score (nSPS) is 20.6. The third kappa shape index (κ3) is 2.67. The number of carboxylic acid groups (broad SMARTS) is 1. The van der Waals surface area contributed by atoms with Gasteiger partial charge in [-0.25, -0.2) is 4.79 Å². The molecule has 0 saturated heterocycles. The number of rotatable bonds is 4. The number of hydrogen-bond acceptors (Lipinski definition) is 3. The van der Waals surface area contributed by atoms with E-state index in [1.165, 1.54) is 6.92 Å². The predicted octanol–water partition coefficient (Wildman–Crippen LogP) is 1.24. The van der Waals surface area contributed by atoms with Gasteiger partial charge in [-0.1, -0.05) is 31.2 Å². The van der Waals surface area contributed by atoms with Crippen molar-refractivity contribution in [2.45, 2.75) is 38.3 Å². The Kier molecular flexibility index (Phi) is 4.09. The second-order valence-electron chi connectivity index (χ2n) is 5.36. The molecule has 1 aliphatic heterocycles. The molecule has 1 amide bonds. The SMILES string of the molecule is CCC(C)(NC(=O)C1CNCc2ccccc21)C(=O)O. The molecule has 0 radical (unpaired) electrons. The van der Waals surface area contributed by atoms with E-state index in [4.69, 9.17) is 0 Å². The fourth-order valence-corrected chi connectivity index (χ4v) is 2.38. The third-order valence-corrected chi connectivity index (χ3v) is 3.99. The molecule has 1 aromatic carbocycles. The van der Waals surface area contributed by atoms with Crippen LogP contribution in [-0.4, -0.2) is 29.1 Å². The lowest BCUT2D eigenvalue weighted by Gasteiger charge is -2.30. The van der Waals surface area contributed by atoms with E-state index in [9.17, 15) is 14.7 Å². The van der Waals surface area contributed by atoms with Crippen molar-refractivity contribution in [3.05, 3.63) is 35.4 Å². The summed E-state index contributed by atoms with van der Waals surface area (Å²) in [6, 6.07) is 7.76. The van der Waals surface area contributed by atoms with Crippen LogP contribution in [0.4, 0.5) is 0 Å². The van der Waals surface area contributed by atoms with Crippen LogP contribution < -0.4 is 10.6 Å². The first-order valence-corrected chi connectivity index (χ1v) is 6.82. The largest absolute Gasteiger partial charge is 0.480 e. The minimum absolute atomic E-state index is 0.239. The minimum atomic E-state index is -1.22. The van der Waals surface area contributed by atoms with E-state index in [2.05, 4.69) is 10.6 Å². The van der Waals surface area contributed by atoms with Gasteiger partial charge in [0.1, 0.15) is 5.54 Å². The summed E-state index contributed by atoms with van der Waals surface area (Å²) in [5.74, 6) is -1.59. The maximum absolute atomic E-state index is 12.4. The van der Waals surface area contributed by atoms with Crippen molar-refractivity contribution >= 4 is 11.9 Å². The molecule has 0 spiro atoms. The summed E-state index contributed by atoms with van der Waals surface area (Å²) in [5, 5.41) is 15.1. The molecular formula is C15H20N2O3. The lowest BCUT2D eigenvalue weighted by atomic mass is 9.89. The number of carboxylic acids is 1. The molecule has 1 aliphatic rings. The first kappa shape index (κ1) is 14.5. The van der Waals surface area contributed by atoms with E-state index in [1.807, 2.05) is 24.3 Å². The monoisotopic (exact) mass is 276 g/mol.